The lowest BCUT2D eigenvalue weighted by molar-refractivity contribution is -0.118. The van der Waals surface area contributed by atoms with E-state index in [9.17, 15) is 4.79 Å². The molecule has 3 rings (SSSR count). The summed E-state index contributed by atoms with van der Waals surface area (Å²) in [6.07, 6.45) is 2.56. The number of nitrogens with zero attached hydrogens (tertiary/aromatic N) is 3. The Morgan fingerprint density at radius 1 is 1.26 bits per heavy atom. The Bertz CT molecular complexity index is 1020. The molecule has 0 spiro atoms. The molecule has 162 valence electrons. The van der Waals surface area contributed by atoms with Crippen LogP contribution in [0.4, 0.5) is 0 Å². The van der Waals surface area contributed by atoms with Gasteiger partial charge in [-0.3, -0.25) is 9.36 Å². The second-order valence-corrected chi connectivity index (χ2v) is 8.24. The van der Waals surface area contributed by atoms with E-state index in [1.807, 2.05) is 54.0 Å². The van der Waals surface area contributed by atoms with Crippen LogP contribution in [-0.2, 0) is 24.4 Å². The maximum atomic E-state index is 12.2. The fourth-order valence-corrected chi connectivity index (χ4v) is 3.85. The number of hydrogen-bond donors (Lipinski definition) is 1. The number of amides is 1. The van der Waals surface area contributed by atoms with Crippen molar-refractivity contribution >= 4 is 29.3 Å². The topological polar surface area (TPSA) is 69.0 Å². The first-order valence-corrected chi connectivity index (χ1v) is 11.3. The van der Waals surface area contributed by atoms with Crippen LogP contribution in [0.3, 0.4) is 0 Å². The van der Waals surface area contributed by atoms with Gasteiger partial charge in [-0.15, -0.1) is 16.8 Å². The number of allylic oxidation sites excluding steroid dienone is 1. The molecule has 1 aromatic heterocycles. The van der Waals surface area contributed by atoms with Crippen LogP contribution >= 0.6 is 23.4 Å². The first kappa shape index (κ1) is 22.9. The van der Waals surface area contributed by atoms with E-state index in [4.69, 9.17) is 16.3 Å². The fourth-order valence-electron chi connectivity index (χ4n) is 2.88. The van der Waals surface area contributed by atoms with Gasteiger partial charge in [0.1, 0.15) is 12.4 Å². The molecule has 1 amide bonds. The van der Waals surface area contributed by atoms with Crippen molar-refractivity contribution in [3.8, 4) is 5.75 Å². The zero-order valence-corrected chi connectivity index (χ0v) is 19.0. The predicted octanol–water partition coefficient (Wildman–Crippen LogP) is 4.46. The molecule has 0 radical (unpaired) electrons. The number of thioether (sulfide) groups is 1. The number of halogens is 1. The highest BCUT2D eigenvalue weighted by atomic mass is 35.5. The summed E-state index contributed by atoms with van der Waals surface area (Å²) in [5.41, 5.74) is 2.25. The van der Waals surface area contributed by atoms with Crippen molar-refractivity contribution < 1.29 is 9.53 Å². The third kappa shape index (κ3) is 6.87. The van der Waals surface area contributed by atoms with E-state index >= 15 is 0 Å². The number of carbonyl (C=O) groups is 1. The molecular formula is C23H25ClN4O2S. The molecule has 8 heteroatoms. The lowest BCUT2D eigenvalue weighted by Gasteiger charge is -2.10. The van der Waals surface area contributed by atoms with E-state index in [0.717, 1.165) is 12.0 Å². The van der Waals surface area contributed by atoms with E-state index < -0.39 is 0 Å². The monoisotopic (exact) mass is 456 g/mol. The Balaban J connectivity index is 1.53. The quantitative estimate of drug-likeness (QED) is 0.341. The molecule has 2 aromatic carbocycles. The van der Waals surface area contributed by atoms with Crippen molar-refractivity contribution in [2.75, 3.05) is 12.3 Å². The van der Waals surface area contributed by atoms with Gasteiger partial charge >= 0.3 is 0 Å². The maximum absolute atomic E-state index is 12.2. The number of rotatable bonds is 11. The van der Waals surface area contributed by atoms with E-state index in [1.54, 1.807) is 12.1 Å². The molecule has 0 saturated heterocycles. The van der Waals surface area contributed by atoms with E-state index in [0.29, 0.717) is 34.8 Å². The normalized spacial score (nSPS) is 10.6. The molecule has 0 atom stereocenters. The number of nitrogens with one attached hydrogen (secondary N) is 1. The van der Waals surface area contributed by atoms with Crippen molar-refractivity contribution in [2.24, 2.45) is 0 Å². The largest absolute Gasteiger partial charge is 0.484 e. The number of hydrogen-bond acceptors (Lipinski definition) is 5. The minimum atomic E-state index is -0.0431. The highest BCUT2D eigenvalue weighted by molar-refractivity contribution is 7.99. The maximum Gasteiger partial charge on any atom is 0.230 e. The summed E-state index contributed by atoms with van der Waals surface area (Å²) in [4.78, 5) is 12.2. The highest BCUT2D eigenvalue weighted by Crippen LogP contribution is 2.26. The first-order valence-electron chi connectivity index (χ1n) is 9.92. The SMILES string of the molecule is C=CCn1c(COc2cc(C)ccc2Cl)nnc1SCC(=O)NCCc1ccccc1. The Morgan fingerprint density at radius 2 is 2.06 bits per heavy atom. The molecule has 6 nitrogen and oxygen atoms in total. The Morgan fingerprint density at radius 3 is 2.84 bits per heavy atom. The van der Waals surface area contributed by atoms with Crippen molar-refractivity contribution in [1.82, 2.24) is 20.1 Å². The minimum absolute atomic E-state index is 0.0431. The van der Waals surface area contributed by atoms with Gasteiger partial charge in [0.15, 0.2) is 11.0 Å². The average Bonchev–Trinajstić information content (AvgIpc) is 3.15. The molecular weight excluding hydrogens is 432 g/mol. The van der Waals surface area contributed by atoms with Crippen LogP contribution in [-0.4, -0.2) is 33.0 Å². The zero-order valence-electron chi connectivity index (χ0n) is 17.4. The molecule has 0 unspecified atom stereocenters. The highest BCUT2D eigenvalue weighted by Gasteiger charge is 2.14. The van der Waals surface area contributed by atoms with Crippen LogP contribution in [0.5, 0.6) is 5.75 Å². The standard InChI is InChI=1S/C23H25ClN4O2S/c1-3-13-28-21(15-30-20-14-17(2)9-10-19(20)24)26-27-23(28)31-16-22(29)25-12-11-18-7-5-4-6-8-18/h3-10,14H,1,11-13,15-16H2,2H3,(H,25,29). The second kappa shape index (κ2) is 11.6. The van der Waals surface area contributed by atoms with Crippen LogP contribution in [0.2, 0.25) is 5.02 Å². The summed E-state index contributed by atoms with van der Waals surface area (Å²) >= 11 is 7.54. The van der Waals surface area contributed by atoms with E-state index in [1.165, 1.54) is 17.3 Å². The summed E-state index contributed by atoms with van der Waals surface area (Å²) in [6.45, 7) is 7.11. The lowest BCUT2D eigenvalue weighted by Crippen LogP contribution is -2.27. The Kier molecular flexibility index (Phi) is 8.55. The molecule has 3 aromatic rings. The van der Waals surface area contributed by atoms with Gasteiger partial charge < -0.3 is 10.1 Å². The first-order chi connectivity index (χ1) is 15.1. The van der Waals surface area contributed by atoms with Crippen molar-refractivity contribution in [1.29, 1.82) is 0 Å². The molecule has 0 aliphatic carbocycles. The number of ether oxygens (including phenoxy) is 1. The third-order valence-corrected chi connectivity index (χ3v) is 5.74. The van der Waals surface area contributed by atoms with Crippen LogP contribution in [0, 0.1) is 6.92 Å². The molecule has 0 fully saturated rings. The lowest BCUT2D eigenvalue weighted by atomic mass is 10.1. The third-order valence-electron chi connectivity index (χ3n) is 4.46. The van der Waals surface area contributed by atoms with Gasteiger partial charge in [-0.25, -0.2) is 0 Å². The van der Waals surface area contributed by atoms with Crippen molar-refractivity contribution in [3.63, 3.8) is 0 Å². The van der Waals surface area contributed by atoms with Crippen LogP contribution in [0.1, 0.15) is 17.0 Å². The summed E-state index contributed by atoms with van der Waals surface area (Å²) < 4.78 is 7.73. The van der Waals surface area contributed by atoms with Gasteiger partial charge in [0.05, 0.1) is 10.8 Å². The predicted molar refractivity (Wildman–Crippen MR) is 125 cm³/mol. The van der Waals surface area contributed by atoms with Crippen LogP contribution in [0.15, 0.2) is 66.3 Å². The van der Waals surface area contributed by atoms with E-state index in [2.05, 4.69) is 22.1 Å². The summed E-state index contributed by atoms with van der Waals surface area (Å²) in [6, 6.07) is 15.7. The molecule has 31 heavy (non-hydrogen) atoms. The summed E-state index contributed by atoms with van der Waals surface area (Å²) in [7, 11) is 0. The van der Waals surface area contributed by atoms with Gasteiger partial charge in [-0.05, 0) is 36.6 Å². The number of benzene rings is 2. The zero-order chi connectivity index (χ0) is 22.1. The molecule has 0 aliphatic heterocycles. The molecule has 1 N–H and O–H groups in total. The van der Waals surface area contributed by atoms with Gasteiger partial charge in [-0.2, -0.15) is 0 Å². The number of carbonyl (C=O) groups excluding carboxylic acids is 1. The van der Waals surface area contributed by atoms with Crippen molar-refractivity contribution in [2.45, 2.75) is 31.7 Å². The Hall–Kier alpha value is -2.77. The smallest absolute Gasteiger partial charge is 0.230 e. The van der Waals surface area contributed by atoms with Gasteiger partial charge in [0.25, 0.3) is 0 Å². The molecule has 0 bridgehead atoms. The van der Waals surface area contributed by atoms with Gasteiger partial charge in [0.2, 0.25) is 5.91 Å². The summed E-state index contributed by atoms with van der Waals surface area (Å²) in [5, 5.41) is 12.6. The fraction of sp³-hybridized carbons (Fsp3) is 0.261. The number of aryl methyl sites for hydroxylation is 1. The van der Waals surface area contributed by atoms with Crippen LogP contribution < -0.4 is 10.1 Å². The summed E-state index contributed by atoms with van der Waals surface area (Å²) in [5.74, 6) is 1.46. The second-order valence-electron chi connectivity index (χ2n) is 6.89. The average molecular weight is 457 g/mol. The Labute approximate surface area is 191 Å². The van der Waals surface area contributed by atoms with Crippen molar-refractivity contribution in [3.05, 3.63) is 83.2 Å². The molecule has 1 heterocycles. The van der Waals surface area contributed by atoms with E-state index in [-0.39, 0.29) is 18.3 Å². The molecule has 0 aliphatic rings. The number of aromatic nitrogens is 3. The minimum Gasteiger partial charge on any atom is -0.484 e. The van der Waals surface area contributed by atoms with Gasteiger partial charge in [-0.1, -0.05) is 65.8 Å². The van der Waals surface area contributed by atoms with Gasteiger partial charge in [0, 0.05) is 13.1 Å². The molecule has 0 saturated carbocycles. The van der Waals surface area contributed by atoms with Crippen LogP contribution in [0.25, 0.3) is 0 Å².